The molecule has 31 heavy (non-hydrogen) atoms. The van der Waals surface area contributed by atoms with Gasteiger partial charge in [-0.15, -0.1) is 11.6 Å². The van der Waals surface area contributed by atoms with E-state index in [0.717, 1.165) is 41.9 Å². The number of piperidine rings is 1. The number of hydrogen-bond acceptors (Lipinski definition) is 1. The van der Waals surface area contributed by atoms with Crippen molar-refractivity contribution < 1.29 is 21.5 Å². The zero-order valence-electron chi connectivity index (χ0n) is 18.5. The first-order chi connectivity index (χ1) is 14.6. The van der Waals surface area contributed by atoms with Crippen molar-refractivity contribution in [2.24, 2.45) is 5.92 Å². The zero-order chi connectivity index (χ0) is 21.0. The Labute approximate surface area is 203 Å². The molecule has 2 fully saturated rings. The van der Waals surface area contributed by atoms with E-state index in [0.29, 0.717) is 5.92 Å². The van der Waals surface area contributed by atoms with Gasteiger partial charge in [0.05, 0.1) is 31.7 Å². The van der Waals surface area contributed by atoms with Gasteiger partial charge in [0, 0.05) is 31.6 Å². The Kier molecular flexibility index (Phi) is 8.25. The highest BCUT2D eigenvalue weighted by Gasteiger charge is 2.52. The molecule has 0 spiro atoms. The van der Waals surface area contributed by atoms with Crippen LogP contribution in [0, 0.1) is 17.2 Å². The molecule has 4 heteroatoms. The number of benzene rings is 2. The number of quaternary nitrogens is 1. The lowest BCUT2D eigenvalue weighted by atomic mass is 9.67. The highest BCUT2D eigenvalue weighted by molar-refractivity contribution is 6.17. The first kappa shape index (κ1) is 24.3. The number of nitrogens with zero attached hydrogens (tertiary/aromatic N) is 2. The average molecular weight is 502 g/mol. The molecule has 2 bridgehead atoms. The summed E-state index contributed by atoms with van der Waals surface area (Å²) in [7, 11) is 2.48. The molecular weight excluding hydrogens is 468 g/mol. The minimum Gasteiger partial charge on any atom is -1.00 e. The van der Waals surface area contributed by atoms with E-state index in [4.69, 9.17) is 11.6 Å². The van der Waals surface area contributed by atoms with E-state index in [9.17, 15) is 5.26 Å². The van der Waals surface area contributed by atoms with E-state index in [1.165, 1.54) is 43.1 Å². The molecule has 0 radical (unpaired) electrons. The van der Waals surface area contributed by atoms with Crippen molar-refractivity contribution in [2.75, 3.05) is 19.5 Å². The minimum atomic E-state index is -0.564. The van der Waals surface area contributed by atoms with E-state index < -0.39 is 5.41 Å². The van der Waals surface area contributed by atoms with Crippen LogP contribution in [-0.2, 0) is 5.41 Å². The third-order valence-corrected chi connectivity index (χ3v) is 8.32. The van der Waals surface area contributed by atoms with Crippen LogP contribution in [0.25, 0.3) is 0 Å². The van der Waals surface area contributed by atoms with Crippen molar-refractivity contribution in [3.05, 3.63) is 71.8 Å². The predicted molar refractivity (Wildman–Crippen MR) is 124 cm³/mol. The average Bonchev–Trinajstić information content (AvgIpc) is 2.95. The molecule has 0 saturated carbocycles. The van der Waals surface area contributed by atoms with Crippen molar-refractivity contribution in [3.63, 3.8) is 0 Å². The lowest BCUT2D eigenvalue weighted by molar-refractivity contribution is -0.949. The van der Waals surface area contributed by atoms with Crippen LogP contribution < -0.4 is 17.0 Å². The molecule has 2 heterocycles. The standard InChI is InChI=1S/C27H34ClN2.BrH/c1-30(17-9-8-16-28)25-14-15-26(30)19-22(18-25)20-27(21-29,23-10-4-2-5-11-23)24-12-6-3-7-13-24;/h2-7,10-13,22,25-26H,8-9,14-20H2,1H3;1H/q+1;/p-1. The Bertz CT molecular complexity index is 810. The number of unbranched alkanes of at least 4 members (excludes halogenated alkanes) is 1. The van der Waals surface area contributed by atoms with Crippen LogP contribution in [0.5, 0.6) is 0 Å². The van der Waals surface area contributed by atoms with E-state index in [-0.39, 0.29) is 17.0 Å². The van der Waals surface area contributed by atoms with Gasteiger partial charge in [0.15, 0.2) is 0 Å². The Balaban J connectivity index is 0.00000272. The summed E-state index contributed by atoms with van der Waals surface area (Å²) >= 11 is 5.94. The first-order valence-corrected chi connectivity index (χ1v) is 12.1. The van der Waals surface area contributed by atoms with Gasteiger partial charge in [-0.1, -0.05) is 60.7 Å². The molecule has 2 saturated heterocycles. The van der Waals surface area contributed by atoms with Gasteiger partial charge in [0.1, 0.15) is 5.41 Å². The van der Waals surface area contributed by atoms with E-state index in [1.807, 2.05) is 12.1 Å². The van der Waals surface area contributed by atoms with E-state index >= 15 is 0 Å². The van der Waals surface area contributed by atoms with Crippen LogP contribution in [0.15, 0.2) is 60.7 Å². The maximum atomic E-state index is 10.5. The largest absolute Gasteiger partial charge is 1.00 e. The molecular formula is C27H34BrClN2. The topological polar surface area (TPSA) is 23.8 Å². The van der Waals surface area contributed by atoms with Gasteiger partial charge in [0.25, 0.3) is 0 Å². The summed E-state index contributed by atoms with van der Waals surface area (Å²) in [5.74, 6) is 1.37. The molecule has 0 amide bonds. The van der Waals surface area contributed by atoms with Gasteiger partial charge in [-0.25, -0.2) is 0 Å². The summed E-state index contributed by atoms with van der Waals surface area (Å²) < 4.78 is 1.24. The lowest BCUT2D eigenvalue weighted by Crippen LogP contribution is -3.00. The maximum Gasteiger partial charge on any atom is 0.107 e. The smallest absolute Gasteiger partial charge is 0.107 e. The lowest BCUT2D eigenvalue weighted by Gasteiger charge is -2.48. The normalized spacial score (nSPS) is 27.3. The van der Waals surface area contributed by atoms with Gasteiger partial charge in [0.2, 0.25) is 0 Å². The van der Waals surface area contributed by atoms with Gasteiger partial charge in [-0.3, -0.25) is 0 Å². The predicted octanol–water partition coefficient (Wildman–Crippen LogP) is 3.30. The minimum absolute atomic E-state index is 0. The number of nitriles is 1. The molecule has 2 nitrogen and oxygen atoms in total. The molecule has 2 aliphatic rings. The fraction of sp³-hybridized carbons (Fsp3) is 0.519. The van der Waals surface area contributed by atoms with Gasteiger partial charge in [-0.05, 0) is 36.3 Å². The monoisotopic (exact) mass is 500 g/mol. The van der Waals surface area contributed by atoms with Crippen molar-refractivity contribution in [1.82, 2.24) is 0 Å². The van der Waals surface area contributed by atoms with Gasteiger partial charge >= 0.3 is 0 Å². The Morgan fingerprint density at radius 3 is 1.90 bits per heavy atom. The Morgan fingerprint density at radius 2 is 1.45 bits per heavy atom. The van der Waals surface area contributed by atoms with Crippen LogP contribution in [0.4, 0.5) is 0 Å². The SMILES string of the molecule is C[N+]1(CCCCCl)C2CCC1CC(CC(C#N)(c1ccccc1)c1ccccc1)C2.[Br-]. The molecule has 0 N–H and O–H groups in total. The van der Waals surface area contributed by atoms with Gasteiger partial charge in [-0.2, -0.15) is 5.26 Å². The van der Waals surface area contributed by atoms with Crippen LogP contribution in [0.3, 0.4) is 0 Å². The number of hydrogen-bond donors (Lipinski definition) is 0. The second kappa shape index (κ2) is 10.5. The number of rotatable bonds is 8. The molecule has 0 aliphatic carbocycles. The summed E-state index contributed by atoms with van der Waals surface area (Å²) in [6, 6.07) is 25.2. The second-order valence-electron chi connectivity index (χ2n) is 9.64. The second-order valence-corrected chi connectivity index (χ2v) is 10.0. The third-order valence-electron chi connectivity index (χ3n) is 8.05. The summed E-state index contributed by atoms with van der Waals surface area (Å²) in [6.07, 6.45) is 8.45. The summed E-state index contributed by atoms with van der Waals surface area (Å²) in [6.45, 7) is 1.26. The zero-order valence-corrected chi connectivity index (χ0v) is 20.9. The summed E-state index contributed by atoms with van der Waals surface area (Å²) in [5, 5.41) is 10.5. The fourth-order valence-electron chi connectivity index (χ4n) is 6.39. The van der Waals surface area contributed by atoms with Crippen LogP contribution >= 0.6 is 11.6 Å². The fourth-order valence-corrected chi connectivity index (χ4v) is 6.58. The van der Waals surface area contributed by atoms with Crippen molar-refractivity contribution in [2.45, 2.75) is 62.4 Å². The van der Waals surface area contributed by atoms with E-state index in [1.54, 1.807) is 0 Å². The highest BCUT2D eigenvalue weighted by atomic mass is 79.9. The van der Waals surface area contributed by atoms with E-state index in [2.05, 4.69) is 61.6 Å². The molecule has 2 atom stereocenters. The molecule has 4 rings (SSSR count). The molecule has 166 valence electrons. The first-order valence-electron chi connectivity index (χ1n) is 11.6. The highest BCUT2D eigenvalue weighted by Crippen LogP contribution is 2.48. The Morgan fingerprint density at radius 1 is 0.935 bits per heavy atom. The number of alkyl halides is 1. The van der Waals surface area contributed by atoms with Crippen molar-refractivity contribution >= 4 is 11.6 Å². The van der Waals surface area contributed by atoms with Crippen LogP contribution in [0.1, 0.15) is 56.1 Å². The molecule has 2 aromatic carbocycles. The molecule has 2 aromatic rings. The van der Waals surface area contributed by atoms with Crippen LogP contribution in [0.2, 0.25) is 0 Å². The van der Waals surface area contributed by atoms with Crippen LogP contribution in [-0.4, -0.2) is 36.0 Å². The van der Waals surface area contributed by atoms with Crippen molar-refractivity contribution in [3.8, 4) is 6.07 Å². The molecule has 0 aromatic heterocycles. The van der Waals surface area contributed by atoms with Gasteiger partial charge < -0.3 is 21.5 Å². The summed E-state index contributed by atoms with van der Waals surface area (Å²) in [5.41, 5.74) is 1.71. The number of fused-ring (bicyclic) bond motifs is 2. The molecule has 2 aliphatic heterocycles. The number of halogens is 2. The Hall–Kier alpha value is -1.34. The third kappa shape index (κ3) is 4.72. The van der Waals surface area contributed by atoms with Crippen molar-refractivity contribution in [1.29, 1.82) is 5.26 Å². The summed E-state index contributed by atoms with van der Waals surface area (Å²) in [4.78, 5) is 0. The maximum absolute atomic E-state index is 10.5. The molecule has 2 unspecified atom stereocenters. The quantitative estimate of drug-likeness (QED) is 0.309.